The summed E-state index contributed by atoms with van der Waals surface area (Å²) >= 11 is 2.83. The summed E-state index contributed by atoms with van der Waals surface area (Å²) in [7, 11) is 1.54. The molecule has 1 aliphatic rings. The van der Waals surface area contributed by atoms with Crippen molar-refractivity contribution in [3.8, 4) is 11.5 Å². The highest BCUT2D eigenvalue weighted by molar-refractivity contribution is 7.98. The second kappa shape index (κ2) is 14.2. The van der Waals surface area contributed by atoms with Gasteiger partial charge in [0.15, 0.2) is 16.3 Å². The minimum atomic E-state index is -0.780. The van der Waals surface area contributed by atoms with Gasteiger partial charge in [-0.25, -0.2) is 14.2 Å². The molecule has 0 amide bonds. The molecule has 10 heteroatoms. The van der Waals surface area contributed by atoms with E-state index in [-0.39, 0.29) is 24.6 Å². The number of hydrogen-bond donors (Lipinski definition) is 0. The molecule has 47 heavy (non-hydrogen) atoms. The standard InChI is InChI=1S/C37H31FN2O5S2/c1-4-44-36(42)31-32(24-9-6-5-7-10-24)39-37-40(33(31)25-15-19-28(46-3)20-16-25)35(41)30(47-37)21-26-11-8-12-29(43-2)34(26)45-22-23-13-17-27(38)18-14-23/h5-21,33H,4,22H2,1-3H3/b30-21-/t33-/m0/s1. The SMILES string of the molecule is CCOC(=O)C1=C(c2ccccc2)N=c2s/c(=C\c3cccc(OC)c3OCc3ccc(F)cc3)c(=O)n2[C@H]1c1ccc(SC)cc1. The summed E-state index contributed by atoms with van der Waals surface area (Å²) in [4.78, 5) is 34.5. The smallest absolute Gasteiger partial charge is 0.338 e. The largest absolute Gasteiger partial charge is 0.493 e. The number of carbonyl (C=O) groups is 1. The van der Waals surface area contributed by atoms with E-state index in [9.17, 15) is 14.0 Å². The molecule has 0 bridgehead atoms. The number of thiazole rings is 1. The minimum absolute atomic E-state index is 0.165. The first kappa shape index (κ1) is 32.0. The zero-order valence-corrected chi connectivity index (χ0v) is 27.6. The number of hydrogen-bond acceptors (Lipinski definition) is 8. The van der Waals surface area contributed by atoms with Crippen molar-refractivity contribution in [1.82, 2.24) is 4.57 Å². The number of rotatable bonds is 10. The average molecular weight is 667 g/mol. The quantitative estimate of drug-likeness (QED) is 0.127. The molecule has 5 aromatic rings. The van der Waals surface area contributed by atoms with Crippen LogP contribution in [-0.2, 0) is 16.1 Å². The summed E-state index contributed by atoms with van der Waals surface area (Å²) in [5.74, 6) is 0.0534. The van der Waals surface area contributed by atoms with Gasteiger partial charge in [0, 0.05) is 16.0 Å². The molecule has 1 aromatic heterocycles. The molecule has 0 aliphatic carbocycles. The highest BCUT2D eigenvalue weighted by Crippen LogP contribution is 2.36. The molecule has 6 rings (SSSR count). The Labute approximate surface area is 279 Å². The molecule has 4 aromatic carbocycles. The van der Waals surface area contributed by atoms with E-state index in [2.05, 4.69) is 0 Å². The Morgan fingerprint density at radius 2 is 1.74 bits per heavy atom. The summed E-state index contributed by atoms with van der Waals surface area (Å²) in [5.41, 5.74) is 3.32. The Kier molecular flexibility index (Phi) is 9.70. The first-order chi connectivity index (χ1) is 22.9. The number of benzene rings is 4. The van der Waals surface area contributed by atoms with Gasteiger partial charge in [-0.15, -0.1) is 11.8 Å². The fraction of sp³-hybridized carbons (Fsp3) is 0.162. The second-order valence-electron chi connectivity index (χ2n) is 10.5. The van der Waals surface area contributed by atoms with E-state index in [1.165, 1.54) is 23.5 Å². The molecule has 238 valence electrons. The molecule has 0 saturated heterocycles. The van der Waals surface area contributed by atoms with Gasteiger partial charge in [-0.3, -0.25) is 9.36 Å². The van der Waals surface area contributed by atoms with Crippen LogP contribution in [0.25, 0.3) is 11.8 Å². The number of methoxy groups -OCH3 is 1. The van der Waals surface area contributed by atoms with Crippen molar-refractivity contribution in [2.75, 3.05) is 20.0 Å². The van der Waals surface area contributed by atoms with Crippen LogP contribution in [0.2, 0.25) is 0 Å². The van der Waals surface area contributed by atoms with E-state index >= 15 is 0 Å². The maximum atomic E-state index is 14.4. The Hall–Kier alpha value is -4.93. The topological polar surface area (TPSA) is 79.1 Å². The van der Waals surface area contributed by atoms with Crippen molar-refractivity contribution >= 4 is 40.8 Å². The summed E-state index contributed by atoms with van der Waals surface area (Å²) in [5, 5.41) is 0. The van der Waals surface area contributed by atoms with Gasteiger partial charge in [0.1, 0.15) is 12.4 Å². The lowest BCUT2D eigenvalue weighted by atomic mass is 9.93. The van der Waals surface area contributed by atoms with Crippen LogP contribution < -0.4 is 24.4 Å². The van der Waals surface area contributed by atoms with E-state index in [1.54, 1.807) is 54.6 Å². The van der Waals surface area contributed by atoms with Gasteiger partial charge < -0.3 is 14.2 Å². The van der Waals surface area contributed by atoms with E-state index in [4.69, 9.17) is 19.2 Å². The van der Waals surface area contributed by atoms with E-state index in [1.807, 2.05) is 73.0 Å². The van der Waals surface area contributed by atoms with Crippen molar-refractivity contribution in [2.24, 2.45) is 4.99 Å². The van der Waals surface area contributed by atoms with Crippen LogP contribution in [0.3, 0.4) is 0 Å². The van der Waals surface area contributed by atoms with Crippen LogP contribution in [-0.4, -0.2) is 30.5 Å². The van der Waals surface area contributed by atoms with Crippen molar-refractivity contribution in [3.05, 3.63) is 150 Å². The van der Waals surface area contributed by atoms with Crippen LogP contribution in [0.5, 0.6) is 11.5 Å². The number of para-hydroxylation sites is 1. The van der Waals surface area contributed by atoms with Gasteiger partial charge in [-0.05, 0) is 60.7 Å². The van der Waals surface area contributed by atoms with Crippen LogP contribution >= 0.6 is 23.1 Å². The van der Waals surface area contributed by atoms with Gasteiger partial charge in [0.05, 0.1) is 35.6 Å². The molecule has 0 unspecified atom stereocenters. The number of ether oxygens (including phenoxy) is 3. The second-order valence-corrected chi connectivity index (χ2v) is 12.4. The molecule has 0 fully saturated rings. The molecule has 0 N–H and O–H groups in total. The molecule has 2 heterocycles. The Morgan fingerprint density at radius 1 is 1.00 bits per heavy atom. The fourth-order valence-corrected chi connectivity index (χ4v) is 6.78. The van der Waals surface area contributed by atoms with E-state index in [0.29, 0.717) is 37.7 Å². The molecule has 1 atom stereocenters. The predicted octanol–water partition coefficient (Wildman–Crippen LogP) is 6.38. The third-order valence-corrected chi connectivity index (χ3v) is 9.34. The minimum Gasteiger partial charge on any atom is -0.493 e. The highest BCUT2D eigenvalue weighted by Gasteiger charge is 2.35. The molecular formula is C37H31FN2O5S2. The van der Waals surface area contributed by atoms with Crippen LogP contribution in [0.1, 0.15) is 35.2 Å². The molecule has 0 saturated carbocycles. The molecule has 7 nitrogen and oxygen atoms in total. The Balaban J connectivity index is 1.54. The number of nitrogens with zero attached hydrogens (tertiary/aromatic N) is 2. The van der Waals surface area contributed by atoms with E-state index < -0.39 is 12.0 Å². The summed E-state index contributed by atoms with van der Waals surface area (Å²) in [6.07, 6.45) is 3.74. The predicted molar refractivity (Wildman–Crippen MR) is 183 cm³/mol. The summed E-state index contributed by atoms with van der Waals surface area (Å²) in [6, 6.07) is 28.0. The Bertz CT molecular complexity index is 2120. The third kappa shape index (κ3) is 6.65. The van der Waals surface area contributed by atoms with Crippen LogP contribution in [0.15, 0.2) is 117 Å². The normalized spacial score (nSPS) is 14.4. The lowest BCUT2D eigenvalue weighted by molar-refractivity contribution is -0.138. The average Bonchev–Trinajstić information content (AvgIpc) is 3.41. The highest BCUT2D eigenvalue weighted by atomic mass is 32.2. The van der Waals surface area contributed by atoms with Crippen molar-refractivity contribution in [1.29, 1.82) is 0 Å². The fourth-order valence-electron chi connectivity index (χ4n) is 5.38. The lowest BCUT2D eigenvalue weighted by Gasteiger charge is -2.26. The molecule has 0 spiro atoms. The number of aromatic nitrogens is 1. The third-order valence-electron chi connectivity index (χ3n) is 7.62. The van der Waals surface area contributed by atoms with Gasteiger partial charge >= 0.3 is 5.97 Å². The van der Waals surface area contributed by atoms with E-state index in [0.717, 1.165) is 21.6 Å². The number of carbonyl (C=O) groups excluding carboxylic acids is 1. The summed E-state index contributed by atoms with van der Waals surface area (Å²) < 4.78 is 32.8. The lowest BCUT2D eigenvalue weighted by Crippen LogP contribution is -2.40. The zero-order valence-electron chi connectivity index (χ0n) is 25.9. The maximum absolute atomic E-state index is 14.4. The van der Waals surface area contributed by atoms with Crippen molar-refractivity contribution < 1.29 is 23.4 Å². The van der Waals surface area contributed by atoms with Gasteiger partial charge in [0.2, 0.25) is 0 Å². The molecule has 1 aliphatic heterocycles. The van der Waals surface area contributed by atoms with Gasteiger partial charge in [0.25, 0.3) is 5.56 Å². The molecular weight excluding hydrogens is 636 g/mol. The monoisotopic (exact) mass is 666 g/mol. The maximum Gasteiger partial charge on any atom is 0.338 e. The first-order valence-electron chi connectivity index (χ1n) is 14.9. The van der Waals surface area contributed by atoms with Crippen LogP contribution in [0, 0.1) is 5.82 Å². The van der Waals surface area contributed by atoms with Gasteiger partial charge in [-0.1, -0.05) is 78.1 Å². The van der Waals surface area contributed by atoms with Crippen molar-refractivity contribution in [2.45, 2.75) is 24.5 Å². The Morgan fingerprint density at radius 3 is 2.43 bits per heavy atom. The number of esters is 1. The van der Waals surface area contributed by atoms with Crippen LogP contribution in [0.4, 0.5) is 4.39 Å². The first-order valence-corrected chi connectivity index (χ1v) is 16.9. The number of thioether (sulfide) groups is 1. The van der Waals surface area contributed by atoms with Gasteiger partial charge in [-0.2, -0.15) is 0 Å². The summed E-state index contributed by atoms with van der Waals surface area (Å²) in [6.45, 7) is 2.09. The number of fused-ring (bicyclic) bond motifs is 1. The zero-order chi connectivity index (χ0) is 32.9. The number of halogens is 1. The van der Waals surface area contributed by atoms with Crippen molar-refractivity contribution in [3.63, 3.8) is 0 Å². The molecule has 0 radical (unpaired) electrons.